The molecule has 0 bridgehead atoms. The van der Waals surface area contributed by atoms with Crippen LogP contribution in [0.4, 0.5) is 4.79 Å². The monoisotopic (exact) mass is 424 g/mol. The molecule has 0 radical (unpaired) electrons. The predicted molar refractivity (Wildman–Crippen MR) is 117 cm³/mol. The molecule has 2 amide bonds. The van der Waals surface area contributed by atoms with Gasteiger partial charge in [0.25, 0.3) is 0 Å². The average molecular weight is 424 g/mol. The van der Waals surface area contributed by atoms with E-state index in [4.69, 9.17) is 9.47 Å². The Morgan fingerprint density at radius 3 is 2.03 bits per heavy atom. The lowest BCUT2D eigenvalue weighted by Crippen LogP contribution is -2.46. The standard InChI is InChI=1S/C24H28N2O5/c1-24(2,3)31-22(28)20(13-21(27)25-4)26-23(29)30-14-19-17-11-7-5-9-15(17)16-10-6-8-12-18(16)19/h5-12,19-20H,13-14H2,1-4H3,(H,25,27)(H,26,29). The number of ether oxygens (including phenoxy) is 2. The molecule has 0 aliphatic heterocycles. The molecule has 1 unspecified atom stereocenters. The van der Waals surface area contributed by atoms with Gasteiger partial charge in [-0.05, 0) is 43.0 Å². The fourth-order valence-electron chi connectivity index (χ4n) is 3.64. The number of nitrogens with one attached hydrogen (secondary N) is 2. The van der Waals surface area contributed by atoms with Gasteiger partial charge in [-0.1, -0.05) is 48.5 Å². The highest BCUT2D eigenvalue weighted by Crippen LogP contribution is 2.44. The van der Waals surface area contributed by atoms with Gasteiger partial charge in [-0.3, -0.25) is 4.79 Å². The first kappa shape index (κ1) is 22.3. The molecule has 0 fully saturated rings. The van der Waals surface area contributed by atoms with Gasteiger partial charge in [0, 0.05) is 13.0 Å². The lowest BCUT2D eigenvalue weighted by molar-refractivity contribution is -0.158. The Hall–Kier alpha value is -3.35. The van der Waals surface area contributed by atoms with Crippen LogP contribution in [0.2, 0.25) is 0 Å². The topological polar surface area (TPSA) is 93.7 Å². The number of amides is 2. The van der Waals surface area contributed by atoms with E-state index in [0.717, 1.165) is 22.3 Å². The van der Waals surface area contributed by atoms with Crippen molar-refractivity contribution in [3.05, 3.63) is 59.7 Å². The van der Waals surface area contributed by atoms with E-state index < -0.39 is 29.6 Å². The Bertz CT molecular complexity index is 934. The minimum Gasteiger partial charge on any atom is -0.458 e. The van der Waals surface area contributed by atoms with Crippen molar-refractivity contribution in [1.29, 1.82) is 0 Å². The summed E-state index contributed by atoms with van der Waals surface area (Å²) in [5.41, 5.74) is 3.67. The molecular weight excluding hydrogens is 396 g/mol. The molecule has 0 heterocycles. The van der Waals surface area contributed by atoms with Crippen molar-refractivity contribution in [3.63, 3.8) is 0 Å². The zero-order valence-corrected chi connectivity index (χ0v) is 18.2. The molecule has 31 heavy (non-hydrogen) atoms. The van der Waals surface area contributed by atoms with Crippen molar-refractivity contribution in [2.45, 2.75) is 44.8 Å². The number of esters is 1. The average Bonchev–Trinajstić information content (AvgIpc) is 3.04. The zero-order valence-electron chi connectivity index (χ0n) is 18.2. The second-order valence-corrected chi connectivity index (χ2v) is 8.43. The number of carbonyl (C=O) groups is 3. The van der Waals surface area contributed by atoms with Crippen LogP contribution in [-0.2, 0) is 19.1 Å². The minimum atomic E-state index is -1.14. The summed E-state index contributed by atoms with van der Waals surface area (Å²) in [5, 5.41) is 4.93. The lowest BCUT2D eigenvalue weighted by Gasteiger charge is -2.24. The molecule has 1 aliphatic carbocycles. The molecule has 0 spiro atoms. The number of rotatable bonds is 6. The third-order valence-corrected chi connectivity index (χ3v) is 5.00. The Morgan fingerprint density at radius 1 is 0.968 bits per heavy atom. The van der Waals surface area contributed by atoms with Gasteiger partial charge in [-0.25, -0.2) is 9.59 Å². The number of fused-ring (bicyclic) bond motifs is 3. The quantitative estimate of drug-likeness (QED) is 0.694. The van der Waals surface area contributed by atoms with Gasteiger partial charge in [0.2, 0.25) is 5.91 Å². The third kappa shape index (κ3) is 5.42. The van der Waals surface area contributed by atoms with Crippen LogP contribution in [0, 0.1) is 0 Å². The van der Waals surface area contributed by atoms with Gasteiger partial charge in [0.15, 0.2) is 0 Å². The summed E-state index contributed by atoms with van der Waals surface area (Å²) in [6.07, 6.45) is -1.02. The summed E-state index contributed by atoms with van der Waals surface area (Å²) < 4.78 is 10.8. The number of benzene rings is 2. The second-order valence-electron chi connectivity index (χ2n) is 8.43. The van der Waals surface area contributed by atoms with Crippen molar-refractivity contribution < 1.29 is 23.9 Å². The van der Waals surface area contributed by atoms with Crippen LogP contribution in [0.3, 0.4) is 0 Å². The van der Waals surface area contributed by atoms with Crippen LogP contribution in [0.15, 0.2) is 48.5 Å². The highest BCUT2D eigenvalue weighted by Gasteiger charge is 2.31. The molecule has 0 saturated carbocycles. The summed E-state index contributed by atoms with van der Waals surface area (Å²) >= 11 is 0. The van der Waals surface area contributed by atoms with Crippen molar-refractivity contribution in [2.75, 3.05) is 13.7 Å². The molecule has 7 nitrogen and oxygen atoms in total. The highest BCUT2D eigenvalue weighted by atomic mass is 16.6. The molecule has 164 valence electrons. The van der Waals surface area contributed by atoms with Crippen LogP contribution in [0.1, 0.15) is 44.2 Å². The van der Waals surface area contributed by atoms with Gasteiger partial charge >= 0.3 is 12.1 Å². The Balaban J connectivity index is 1.69. The first-order valence-corrected chi connectivity index (χ1v) is 10.2. The molecule has 1 aliphatic rings. The summed E-state index contributed by atoms with van der Waals surface area (Å²) in [5.74, 6) is -1.18. The first-order chi connectivity index (χ1) is 14.7. The van der Waals surface area contributed by atoms with Crippen LogP contribution < -0.4 is 10.6 Å². The summed E-state index contributed by atoms with van der Waals surface area (Å²) in [4.78, 5) is 36.8. The van der Waals surface area contributed by atoms with Crippen molar-refractivity contribution in [2.24, 2.45) is 0 Å². The lowest BCUT2D eigenvalue weighted by atomic mass is 9.98. The number of carbonyl (C=O) groups excluding carboxylic acids is 3. The van der Waals surface area contributed by atoms with Crippen molar-refractivity contribution in [1.82, 2.24) is 10.6 Å². The molecule has 3 rings (SSSR count). The Kier molecular flexibility index (Phi) is 6.63. The third-order valence-electron chi connectivity index (χ3n) is 5.00. The predicted octanol–water partition coefficient (Wildman–Crippen LogP) is 3.37. The van der Waals surface area contributed by atoms with Gasteiger partial charge in [-0.15, -0.1) is 0 Å². The summed E-state index contributed by atoms with van der Waals surface area (Å²) in [7, 11) is 1.46. The second kappa shape index (κ2) is 9.20. The SMILES string of the molecule is CNC(=O)CC(NC(=O)OCC1c2ccccc2-c2ccccc21)C(=O)OC(C)(C)C. The molecule has 2 aromatic carbocycles. The highest BCUT2D eigenvalue weighted by molar-refractivity contribution is 5.88. The normalized spacial score (nSPS) is 13.5. The van der Waals surface area contributed by atoms with E-state index in [-0.39, 0.29) is 18.9 Å². The van der Waals surface area contributed by atoms with E-state index in [0.29, 0.717) is 0 Å². The van der Waals surface area contributed by atoms with E-state index in [9.17, 15) is 14.4 Å². The van der Waals surface area contributed by atoms with Crippen LogP contribution in [0.25, 0.3) is 11.1 Å². The largest absolute Gasteiger partial charge is 0.458 e. The van der Waals surface area contributed by atoms with E-state index in [1.54, 1.807) is 20.8 Å². The van der Waals surface area contributed by atoms with Crippen LogP contribution in [-0.4, -0.2) is 43.3 Å². The van der Waals surface area contributed by atoms with Crippen molar-refractivity contribution in [3.8, 4) is 11.1 Å². The summed E-state index contributed by atoms with van der Waals surface area (Å²) in [6, 6.07) is 14.9. The van der Waals surface area contributed by atoms with Crippen LogP contribution >= 0.6 is 0 Å². The maximum absolute atomic E-state index is 12.5. The number of alkyl carbamates (subject to hydrolysis) is 1. The molecule has 7 heteroatoms. The smallest absolute Gasteiger partial charge is 0.407 e. The van der Waals surface area contributed by atoms with E-state index in [2.05, 4.69) is 22.8 Å². The Morgan fingerprint density at radius 2 is 1.52 bits per heavy atom. The fraction of sp³-hybridized carbons (Fsp3) is 0.375. The number of hydrogen-bond donors (Lipinski definition) is 2. The zero-order chi connectivity index (χ0) is 22.6. The summed E-state index contributed by atoms with van der Waals surface area (Å²) in [6.45, 7) is 5.26. The molecular formula is C24H28N2O5. The van der Waals surface area contributed by atoms with E-state index in [1.807, 2.05) is 36.4 Å². The van der Waals surface area contributed by atoms with Gasteiger partial charge < -0.3 is 20.1 Å². The van der Waals surface area contributed by atoms with E-state index >= 15 is 0 Å². The first-order valence-electron chi connectivity index (χ1n) is 10.2. The maximum Gasteiger partial charge on any atom is 0.407 e. The van der Waals surface area contributed by atoms with Crippen LogP contribution in [0.5, 0.6) is 0 Å². The molecule has 2 N–H and O–H groups in total. The number of hydrogen-bond acceptors (Lipinski definition) is 5. The fourth-order valence-corrected chi connectivity index (χ4v) is 3.64. The molecule has 0 saturated heterocycles. The van der Waals surface area contributed by atoms with Gasteiger partial charge in [-0.2, -0.15) is 0 Å². The van der Waals surface area contributed by atoms with Crippen molar-refractivity contribution >= 4 is 18.0 Å². The van der Waals surface area contributed by atoms with E-state index in [1.165, 1.54) is 7.05 Å². The maximum atomic E-state index is 12.5. The minimum absolute atomic E-state index is 0.0999. The molecule has 0 aromatic heterocycles. The molecule has 1 atom stereocenters. The van der Waals surface area contributed by atoms with Gasteiger partial charge in [0.1, 0.15) is 18.2 Å². The molecule has 2 aromatic rings. The van der Waals surface area contributed by atoms with Gasteiger partial charge in [0.05, 0.1) is 6.42 Å². The Labute approximate surface area is 182 Å².